The lowest BCUT2D eigenvalue weighted by Gasteiger charge is -2.15. The molecule has 0 saturated heterocycles. The molecule has 0 bridgehead atoms. The van der Waals surface area contributed by atoms with E-state index in [1.54, 1.807) is 0 Å². The van der Waals surface area contributed by atoms with Crippen molar-refractivity contribution in [1.29, 1.82) is 0 Å². The zero-order chi connectivity index (χ0) is 22.4. The van der Waals surface area contributed by atoms with Crippen LogP contribution in [0.1, 0.15) is 18.5 Å². The van der Waals surface area contributed by atoms with Crippen LogP contribution in [0.5, 0.6) is 5.75 Å². The fourth-order valence-electron chi connectivity index (χ4n) is 2.80. The minimum absolute atomic E-state index is 0.0260. The molecule has 2 N–H and O–H groups in total. The Bertz CT molecular complexity index is 1130. The van der Waals surface area contributed by atoms with Crippen LogP contribution in [0, 0.1) is 0 Å². The van der Waals surface area contributed by atoms with Gasteiger partial charge in [0.25, 0.3) is 15.9 Å². The number of rotatable bonds is 8. The highest BCUT2D eigenvalue weighted by Crippen LogP contribution is 2.25. The summed E-state index contributed by atoms with van der Waals surface area (Å²) in [6.07, 6.45) is 0. The number of sulfonamides is 1. The van der Waals surface area contributed by atoms with Gasteiger partial charge in [-0.05, 0) is 55.0 Å². The quantitative estimate of drug-likeness (QED) is 0.474. The first-order valence-corrected chi connectivity index (χ1v) is 11.5. The molecule has 1 atom stereocenters. The Morgan fingerprint density at radius 2 is 1.58 bits per heavy atom. The van der Waals surface area contributed by atoms with Crippen LogP contribution in [-0.4, -0.2) is 20.9 Å². The Labute approximate surface area is 191 Å². The van der Waals surface area contributed by atoms with Gasteiger partial charge in [-0.15, -0.1) is 0 Å². The standard InChI is InChI=1S/C22H20Cl2N2O4S/c1-15(16-5-3-2-4-6-16)25-22(27)14-30-20-7-9-21(10-8-20)31(28,29)26-19-12-17(23)11-18(24)13-19/h2-13,15,26H,14H2,1H3,(H,25,27)/t15-/m1/s1. The summed E-state index contributed by atoms with van der Waals surface area (Å²) in [7, 11) is -3.84. The van der Waals surface area contributed by atoms with E-state index in [0.29, 0.717) is 15.8 Å². The summed E-state index contributed by atoms with van der Waals surface area (Å²) < 4.78 is 33.0. The maximum absolute atomic E-state index is 12.6. The van der Waals surface area contributed by atoms with Crippen molar-refractivity contribution < 1.29 is 17.9 Å². The smallest absolute Gasteiger partial charge is 0.261 e. The van der Waals surface area contributed by atoms with E-state index in [0.717, 1.165) is 5.56 Å². The molecule has 162 valence electrons. The number of ether oxygens (including phenoxy) is 1. The molecule has 9 heteroatoms. The Balaban J connectivity index is 1.57. The summed E-state index contributed by atoms with van der Waals surface area (Å²) in [5.74, 6) is 0.0832. The Morgan fingerprint density at radius 1 is 0.968 bits per heavy atom. The van der Waals surface area contributed by atoms with Crippen molar-refractivity contribution in [1.82, 2.24) is 5.32 Å². The number of carbonyl (C=O) groups is 1. The van der Waals surface area contributed by atoms with Crippen molar-refractivity contribution in [3.8, 4) is 5.75 Å². The van der Waals surface area contributed by atoms with Gasteiger partial charge in [0.2, 0.25) is 0 Å². The molecule has 0 spiro atoms. The molecule has 6 nitrogen and oxygen atoms in total. The first-order valence-electron chi connectivity index (χ1n) is 9.29. The molecular weight excluding hydrogens is 459 g/mol. The van der Waals surface area contributed by atoms with Crippen LogP contribution < -0.4 is 14.8 Å². The van der Waals surface area contributed by atoms with Crippen LogP contribution in [0.15, 0.2) is 77.7 Å². The molecule has 0 aliphatic carbocycles. The highest BCUT2D eigenvalue weighted by Gasteiger charge is 2.15. The van der Waals surface area contributed by atoms with Crippen molar-refractivity contribution in [3.63, 3.8) is 0 Å². The van der Waals surface area contributed by atoms with Gasteiger partial charge in [0.1, 0.15) is 5.75 Å². The molecule has 3 rings (SSSR count). The summed E-state index contributed by atoms with van der Waals surface area (Å²) in [6.45, 7) is 1.69. The number of carbonyl (C=O) groups excluding carboxylic acids is 1. The molecule has 0 aliphatic heterocycles. The molecule has 3 aromatic carbocycles. The molecular formula is C22H20Cl2N2O4S. The van der Waals surface area contributed by atoms with Gasteiger partial charge in [-0.1, -0.05) is 53.5 Å². The third-order valence-electron chi connectivity index (χ3n) is 4.30. The predicted octanol–water partition coefficient (Wildman–Crippen LogP) is 5.05. The highest BCUT2D eigenvalue weighted by atomic mass is 35.5. The molecule has 0 heterocycles. The van der Waals surface area contributed by atoms with E-state index in [4.69, 9.17) is 27.9 Å². The molecule has 0 aromatic heterocycles. The molecule has 0 fully saturated rings. The normalized spacial score (nSPS) is 12.1. The van der Waals surface area contributed by atoms with Crippen molar-refractivity contribution in [3.05, 3.63) is 88.4 Å². The predicted molar refractivity (Wildman–Crippen MR) is 122 cm³/mol. The first kappa shape index (κ1) is 22.9. The zero-order valence-corrected chi connectivity index (χ0v) is 18.8. The van der Waals surface area contributed by atoms with Gasteiger partial charge in [-0.2, -0.15) is 0 Å². The largest absolute Gasteiger partial charge is 0.484 e. The molecule has 31 heavy (non-hydrogen) atoms. The van der Waals surface area contributed by atoms with Crippen molar-refractivity contribution in [2.24, 2.45) is 0 Å². The SMILES string of the molecule is C[C@@H](NC(=O)COc1ccc(S(=O)(=O)Nc2cc(Cl)cc(Cl)c2)cc1)c1ccccc1. The molecule has 0 aliphatic rings. The van der Waals surface area contributed by atoms with Crippen molar-refractivity contribution in [2.45, 2.75) is 17.9 Å². The second kappa shape index (κ2) is 10.0. The lowest BCUT2D eigenvalue weighted by molar-refractivity contribution is -0.123. The maximum Gasteiger partial charge on any atom is 0.261 e. The topological polar surface area (TPSA) is 84.5 Å². The van der Waals surface area contributed by atoms with Crippen LogP contribution in [0.25, 0.3) is 0 Å². The zero-order valence-electron chi connectivity index (χ0n) is 16.5. The van der Waals surface area contributed by atoms with Gasteiger partial charge in [0.15, 0.2) is 6.61 Å². The van der Waals surface area contributed by atoms with Gasteiger partial charge < -0.3 is 10.1 Å². The van der Waals surface area contributed by atoms with Crippen LogP contribution in [0.3, 0.4) is 0 Å². The fraction of sp³-hybridized carbons (Fsp3) is 0.136. The second-order valence-corrected chi connectivity index (χ2v) is 9.28. The maximum atomic E-state index is 12.6. The lowest BCUT2D eigenvalue weighted by Crippen LogP contribution is -2.31. The van der Waals surface area contributed by atoms with Crippen molar-refractivity contribution in [2.75, 3.05) is 11.3 Å². The van der Waals surface area contributed by atoms with E-state index in [1.807, 2.05) is 37.3 Å². The Morgan fingerprint density at radius 3 is 2.19 bits per heavy atom. The summed E-state index contributed by atoms with van der Waals surface area (Å²) in [4.78, 5) is 12.1. The second-order valence-electron chi connectivity index (χ2n) is 6.72. The van der Waals surface area contributed by atoms with Gasteiger partial charge in [-0.25, -0.2) is 8.42 Å². The summed E-state index contributed by atoms with van der Waals surface area (Å²) in [6, 6.07) is 19.6. The van der Waals surface area contributed by atoms with E-state index in [9.17, 15) is 13.2 Å². The molecule has 0 radical (unpaired) electrons. The summed E-state index contributed by atoms with van der Waals surface area (Å²) in [5, 5.41) is 3.47. The van der Waals surface area contributed by atoms with Gasteiger partial charge >= 0.3 is 0 Å². The average molecular weight is 479 g/mol. The van der Waals surface area contributed by atoms with E-state index in [2.05, 4.69) is 10.0 Å². The third-order valence-corrected chi connectivity index (χ3v) is 6.13. The number of benzene rings is 3. The summed E-state index contributed by atoms with van der Waals surface area (Å²) in [5.41, 5.74) is 1.24. The van der Waals surface area contributed by atoms with Crippen LogP contribution in [-0.2, 0) is 14.8 Å². The fourth-order valence-corrected chi connectivity index (χ4v) is 4.37. The molecule has 0 saturated carbocycles. The monoisotopic (exact) mass is 478 g/mol. The van der Waals surface area contributed by atoms with Gasteiger partial charge in [-0.3, -0.25) is 9.52 Å². The number of amides is 1. The third kappa shape index (κ3) is 6.62. The van der Waals surface area contributed by atoms with Crippen LogP contribution >= 0.6 is 23.2 Å². The summed E-state index contributed by atoms with van der Waals surface area (Å²) >= 11 is 11.8. The van der Waals surface area contributed by atoms with E-state index in [-0.39, 0.29) is 29.1 Å². The lowest BCUT2D eigenvalue weighted by atomic mass is 10.1. The van der Waals surface area contributed by atoms with Crippen LogP contribution in [0.4, 0.5) is 5.69 Å². The van der Waals surface area contributed by atoms with E-state index in [1.165, 1.54) is 42.5 Å². The number of halogens is 2. The van der Waals surface area contributed by atoms with Crippen LogP contribution in [0.2, 0.25) is 10.0 Å². The highest BCUT2D eigenvalue weighted by molar-refractivity contribution is 7.92. The number of anilines is 1. The van der Waals surface area contributed by atoms with E-state index >= 15 is 0 Å². The van der Waals surface area contributed by atoms with E-state index < -0.39 is 10.0 Å². The van der Waals surface area contributed by atoms with Gasteiger partial charge in [0, 0.05) is 10.0 Å². The minimum atomic E-state index is -3.84. The average Bonchev–Trinajstić information content (AvgIpc) is 2.72. The first-order chi connectivity index (χ1) is 14.7. The molecule has 1 amide bonds. The Kier molecular flexibility index (Phi) is 7.43. The number of nitrogens with one attached hydrogen (secondary N) is 2. The van der Waals surface area contributed by atoms with Crippen molar-refractivity contribution >= 4 is 44.8 Å². The van der Waals surface area contributed by atoms with Gasteiger partial charge in [0.05, 0.1) is 16.6 Å². The minimum Gasteiger partial charge on any atom is -0.484 e. The number of hydrogen-bond donors (Lipinski definition) is 2. The molecule has 0 unspecified atom stereocenters. The number of hydrogen-bond acceptors (Lipinski definition) is 4. The Hall–Kier alpha value is -2.74. The molecule has 3 aromatic rings.